The molecule has 0 radical (unpaired) electrons. The fraction of sp³-hybridized carbons (Fsp3) is 0.421. The molecule has 2 heterocycles. The average Bonchev–Trinajstić information content (AvgIpc) is 2.62. The first kappa shape index (κ1) is 17.4. The third-order valence-corrected chi connectivity index (χ3v) is 4.81. The van der Waals surface area contributed by atoms with Crippen molar-refractivity contribution in [2.24, 2.45) is 0 Å². The largest absolute Gasteiger partial charge is 0.465 e. The van der Waals surface area contributed by atoms with E-state index in [9.17, 15) is 9.59 Å². The van der Waals surface area contributed by atoms with Gasteiger partial charge in [0.2, 0.25) is 5.91 Å². The molecule has 132 valence electrons. The van der Waals surface area contributed by atoms with E-state index in [1.54, 1.807) is 6.92 Å². The minimum atomic E-state index is -0.354. The number of esters is 1. The minimum absolute atomic E-state index is 0.106. The van der Waals surface area contributed by atoms with Crippen molar-refractivity contribution >= 4 is 22.8 Å². The lowest BCUT2D eigenvalue weighted by atomic mass is 10.0. The number of amides is 1. The average molecular weight is 341 g/mol. The van der Waals surface area contributed by atoms with Gasteiger partial charge < -0.3 is 9.64 Å². The molecule has 6 nitrogen and oxygen atoms in total. The summed E-state index contributed by atoms with van der Waals surface area (Å²) >= 11 is 0. The molecule has 0 bridgehead atoms. The number of methoxy groups -OCH3 is 1. The highest BCUT2D eigenvalue weighted by molar-refractivity contribution is 5.98. The molecule has 0 aliphatic carbocycles. The van der Waals surface area contributed by atoms with Gasteiger partial charge in [0.15, 0.2) is 0 Å². The molecule has 0 unspecified atom stereocenters. The van der Waals surface area contributed by atoms with Gasteiger partial charge in [-0.25, -0.2) is 4.79 Å². The SMILES string of the molecule is COC(=O)c1c(CN2CCN(C(C)=O)CC2)nc2ccccc2c1C. The summed E-state index contributed by atoms with van der Waals surface area (Å²) in [6, 6.07) is 7.82. The van der Waals surface area contributed by atoms with Gasteiger partial charge in [0, 0.05) is 45.0 Å². The fourth-order valence-corrected chi connectivity index (χ4v) is 3.36. The number of carbonyl (C=O) groups excluding carboxylic acids is 2. The van der Waals surface area contributed by atoms with E-state index in [0.717, 1.165) is 35.2 Å². The van der Waals surface area contributed by atoms with Crippen LogP contribution in [0.2, 0.25) is 0 Å². The van der Waals surface area contributed by atoms with Crippen molar-refractivity contribution in [3.63, 3.8) is 0 Å². The Kier molecular flexibility index (Phi) is 4.99. The highest BCUT2D eigenvalue weighted by Gasteiger charge is 2.24. The maximum absolute atomic E-state index is 12.3. The van der Waals surface area contributed by atoms with Crippen molar-refractivity contribution in [3.05, 3.63) is 41.1 Å². The number of hydrogen-bond acceptors (Lipinski definition) is 5. The number of aryl methyl sites for hydroxylation is 1. The summed E-state index contributed by atoms with van der Waals surface area (Å²) in [5.41, 5.74) is 3.06. The van der Waals surface area contributed by atoms with Gasteiger partial charge in [0.05, 0.1) is 23.9 Å². The number of rotatable bonds is 3. The van der Waals surface area contributed by atoms with Crippen LogP contribution in [-0.4, -0.2) is 59.9 Å². The normalized spacial score (nSPS) is 15.4. The quantitative estimate of drug-likeness (QED) is 0.799. The number of hydrogen-bond donors (Lipinski definition) is 0. The Hall–Kier alpha value is -2.47. The van der Waals surface area contributed by atoms with Crippen LogP contribution in [0.25, 0.3) is 10.9 Å². The molecule has 0 atom stereocenters. The van der Waals surface area contributed by atoms with E-state index in [-0.39, 0.29) is 11.9 Å². The predicted molar refractivity (Wildman–Crippen MR) is 95.4 cm³/mol. The molecule has 0 N–H and O–H groups in total. The van der Waals surface area contributed by atoms with E-state index >= 15 is 0 Å². The third-order valence-electron chi connectivity index (χ3n) is 4.81. The molecule has 6 heteroatoms. The molecule has 1 amide bonds. The van der Waals surface area contributed by atoms with Crippen molar-refractivity contribution in [1.29, 1.82) is 0 Å². The van der Waals surface area contributed by atoms with Crippen molar-refractivity contribution < 1.29 is 14.3 Å². The molecule has 25 heavy (non-hydrogen) atoms. The number of benzene rings is 1. The van der Waals surface area contributed by atoms with Crippen LogP contribution in [-0.2, 0) is 16.1 Å². The topological polar surface area (TPSA) is 62.7 Å². The van der Waals surface area contributed by atoms with E-state index in [1.807, 2.05) is 36.1 Å². The van der Waals surface area contributed by atoms with Gasteiger partial charge in [0.25, 0.3) is 0 Å². The lowest BCUT2D eigenvalue weighted by molar-refractivity contribution is -0.130. The fourth-order valence-electron chi connectivity index (χ4n) is 3.36. The van der Waals surface area contributed by atoms with Crippen LogP contribution in [0.3, 0.4) is 0 Å². The second-order valence-electron chi connectivity index (χ2n) is 6.35. The van der Waals surface area contributed by atoms with E-state index in [1.165, 1.54) is 7.11 Å². The van der Waals surface area contributed by atoms with Crippen LogP contribution in [0.1, 0.15) is 28.5 Å². The molecule has 1 aliphatic heterocycles. The zero-order valence-electron chi connectivity index (χ0n) is 14.9. The Morgan fingerprint density at radius 1 is 1.16 bits per heavy atom. The molecule has 2 aromatic rings. The van der Waals surface area contributed by atoms with Crippen molar-refractivity contribution in [3.8, 4) is 0 Å². The number of nitrogens with zero attached hydrogens (tertiary/aromatic N) is 3. The number of piperazine rings is 1. The number of para-hydroxylation sites is 1. The van der Waals surface area contributed by atoms with Gasteiger partial charge in [-0.2, -0.15) is 0 Å². The number of ether oxygens (including phenoxy) is 1. The second-order valence-corrected chi connectivity index (χ2v) is 6.35. The number of aromatic nitrogens is 1. The molecular weight excluding hydrogens is 318 g/mol. The second kappa shape index (κ2) is 7.19. The van der Waals surface area contributed by atoms with E-state index in [0.29, 0.717) is 25.2 Å². The summed E-state index contributed by atoms with van der Waals surface area (Å²) < 4.78 is 4.99. The van der Waals surface area contributed by atoms with E-state index in [2.05, 4.69) is 4.90 Å². The van der Waals surface area contributed by atoms with Crippen LogP contribution in [0, 0.1) is 6.92 Å². The molecule has 1 aromatic carbocycles. The van der Waals surface area contributed by atoms with Gasteiger partial charge in [0.1, 0.15) is 0 Å². The lowest BCUT2D eigenvalue weighted by Crippen LogP contribution is -2.47. The van der Waals surface area contributed by atoms with Crippen molar-refractivity contribution in [2.75, 3.05) is 33.3 Å². The first-order valence-corrected chi connectivity index (χ1v) is 8.45. The van der Waals surface area contributed by atoms with Gasteiger partial charge >= 0.3 is 5.97 Å². The Morgan fingerprint density at radius 3 is 2.48 bits per heavy atom. The molecular formula is C19H23N3O3. The Labute approximate surface area is 147 Å². The molecule has 0 spiro atoms. The Morgan fingerprint density at radius 2 is 1.84 bits per heavy atom. The molecule has 3 rings (SSSR count). The van der Waals surface area contributed by atoms with Gasteiger partial charge in [-0.1, -0.05) is 18.2 Å². The number of pyridine rings is 1. The van der Waals surface area contributed by atoms with E-state index in [4.69, 9.17) is 9.72 Å². The highest BCUT2D eigenvalue weighted by Crippen LogP contribution is 2.24. The van der Waals surface area contributed by atoms with Crippen LogP contribution in [0.5, 0.6) is 0 Å². The maximum Gasteiger partial charge on any atom is 0.340 e. The van der Waals surface area contributed by atoms with Crippen LogP contribution in [0.15, 0.2) is 24.3 Å². The summed E-state index contributed by atoms with van der Waals surface area (Å²) in [4.78, 5) is 32.6. The summed E-state index contributed by atoms with van der Waals surface area (Å²) in [6.45, 7) is 7.06. The first-order chi connectivity index (χ1) is 12.0. The maximum atomic E-state index is 12.3. The molecule has 1 aromatic heterocycles. The van der Waals surface area contributed by atoms with E-state index < -0.39 is 0 Å². The summed E-state index contributed by atoms with van der Waals surface area (Å²) in [5.74, 6) is -0.248. The lowest BCUT2D eigenvalue weighted by Gasteiger charge is -2.34. The standard InChI is InChI=1S/C19H23N3O3/c1-13-15-6-4-5-7-16(15)20-17(18(13)19(24)25-3)12-21-8-10-22(11-9-21)14(2)23/h4-7H,8-12H2,1-3H3. The van der Waals surface area contributed by atoms with Crippen LogP contribution < -0.4 is 0 Å². The molecule has 1 aliphatic rings. The number of fused-ring (bicyclic) bond motifs is 1. The first-order valence-electron chi connectivity index (χ1n) is 8.45. The van der Waals surface area contributed by atoms with Crippen LogP contribution >= 0.6 is 0 Å². The predicted octanol–water partition coefficient (Wildman–Crippen LogP) is 1.99. The highest BCUT2D eigenvalue weighted by atomic mass is 16.5. The van der Waals surface area contributed by atoms with Gasteiger partial charge in [-0.05, 0) is 18.6 Å². The van der Waals surface area contributed by atoms with Gasteiger partial charge in [-0.15, -0.1) is 0 Å². The molecule has 1 saturated heterocycles. The minimum Gasteiger partial charge on any atom is -0.465 e. The molecule has 1 fully saturated rings. The smallest absolute Gasteiger partial charge is 0.340 e. The Balaban J connectivity index is 1.92. The third kappa shape index (κ3) is 3.49. The summed E-state index contributed by atoms with van der Waals surface area (Å²) in [5, 5.41) is 0.966. The summed E-state index contributed by atoms with van der Waals surface area (Å²) in [7, 11) is 1.40. The number of carbonyl (C=O) groups is 2. The van der Waals surface area contributed by atoms with Crippen molar-refractivity contribution in [1.82, 2.24) is 14.8 Å². The summed E-state index contributed by atoms with van der Waals surface area (Å²) in [6.07, 6.45) is 0. The zero-order valence-corrected chi connectivity index (χ0v) is 14.9. The molecule has 0 saturated carbocycles. The monoisotopic (exact) mass is 341 g/mol. The Bertz CT molecular complexity index is 811. The van der Waals surface area contributed by atoms with Crippen molar-refractivity contribution in [2.45, 2.75) is 20.4 Å². The zero-order chi connectivity index (χ0) is 18.0. The van der Waals surface area contributed by atoms with Crippen LogP contribution in [0.4, 0.5) is 0 Å². The van der Waals surface area contributed by atoms with Gasteiger partial charge in [-0.3, -0.25) is 14.7 Å².